The maximum absolute atomic E-state index is 6.02. The SMILES string of the molecule is CCOc1nc(-c2cccc(CC)c2)nc(Cl)c1N. The lowest BCUT2D eigenvalue weighted by molar-refractivity contribution is 0.328. The Balaban J connectivity index is 2.49. The summed E-state index contributed by atoms with van der Waals surface area (Å²) in [7, 11) is 0. The van der Waals surface area contributed by atoms with Crippen LogP contribution in [0.3, 0.4) is 0 Å². The number of nitrogens with zero attached hydrogens (tertiary/aromatic N) is 2. The van der Waals surface area contributed by atoms with E-state index in [-0.39, 0.29) is 10.8 Å². The molecule has 0 spiro atoms. The highest BCUT2D eigenvalue weighted by molar-refractivity contribution is 6.32. The normalized spacial score (nSPS) is 10.5. The van der Waals surface area contributed by atoms with Crippen molar-refractivity contribution in [3.63, 3.8) is 0 Å². The lowest BCUT2D eigenvalue weighted by Gasteiger charge is -2.09. The summed E-state index contributed by atoms with van der Waals surface area (Å²) in [5.41, 5.74) is 8.19. The second-order valence-electron chi connectivity index (χ2n) is 4.04. The molecule has 0 radical (unpaired) electrons. The number of aromatic nitrogens is 2. The van der Waals surface area contributed by atoms with Crippen molar-refractivity contribution in [2.45, 2.75) is 20.3 Å². The predicted molar refractivity (Wildman–Crippen MR) is 77.4 cm³/mol. The number of hydrogen-bond acceptors (Lipinski definition) is 4. The zero-order valence-corrected chi connectivity index (χ0v) is 11.7. The van der Waals surface area contributed by atoms with Crippen LogP contribution in [-0.2, 0) is 6.42 Å². The number of benzene rings is 1. The van der Waals surface area contributed by atoms with E-state index in [0.717, 1.165) is 12.0 Å². The van der Waals surface area contributed by atoms with Crippen molar-refractivity contribution in [3.8, 4) is 17.3 Å². The minimum atomic E-state index is 0.218. The third-order valence-corrected chi connectivity index (χ3v) is 3.03. The molecule has 1 aromatic heterocycles. The fourth-order valence-corrected chi connectivity index (χ4v) is 1.89. The summed E-state index contributed by atoms with van der Waals surface area (Å²) < 4.78 is 5.38. The van der Waals surface area contributed by atoms with E-state index < -0.39 is 0 Å². The van der Waals surface area contributed by atoms with Gasteiger partial charge in [0.15, 0.2) is 11.0 Å². The maximum atomic E-state index is 6.02. The molecule has 0 bridgehead atoms. The van der Waals surface area contributed by atoms with Crippen LogP contribution in [0.2, 0.25) is 5.15 Å². The van der Waals surface area contributed by atoms with Gasteiger partial charge in [0.2, 0.25) is 5.88 Å². The number of rotatable bonds is 4. The Kier molecular flexibility index (Phi) is 4.22. The number of ether oxygens (including phenoxy) is 1. The highest BCUT2D eigenvalue weighted by atomic mass is 35.5. The van der Waals surface area contributed by atoms with Gasteiger partial charge < -0.3 is 10.5 Å². The molecule has 0 saturated carbocycles. The molecule has 5 heteroatoms. The molecule has 0 aliphatic carbocycles. The van der Waals surface area contributed by atoms with Gasteiger partial charge in [0.05, 0.1) is 6.61 Å². The van der Waals surface area contributed by atoms with Crippen molar-refractivity contribution in [2.24, 2.45) is 0 Å². The Hall–Kier alpha value is -1.81. The quantitative estimate of drug-likeness (QED) is 0.871. The summed E-state index contributed by atoms with van der Waals surface area (Å²) >= 11 is 6.02. The number of aryl methyl sites for hydroxylation is 1. The Morgan fingerprint density at radius 3 is 2.74 bits per heavy atom. The number of hydrogen-bond donors (Lipinski definition) is 1. The summed E-state index contributed by atoms with van der Waals surface area (Å²) in [5, 5.41) is 0.218. The van der Waals surface area contributed by atoms with Gasteiger partial charge >= 0.3 is 0 Å². The van der Waals surface area contributed by atoms with Gasteiger partial charge in [-0.1, -0.05) is 36.7 Å². The van der Waals surface area contributed by atoms with Crippen molar-refractivity contribution in [2.75, 3.05) is 12.3 Å². The molecule has 2 N–H and O–H groups in total. The molecule has 19 heavy (non-hydrogen) atoms. The molecule has 2 rings (SSSR count). The third kappa shape index (κ3) is 2.96. The van der Waals surface area contributed by atoms with Gasteiger partial charge in [-0.3, -0.25) is 0 Å². The van der Waals surface area contributed by atoms with Gasteiger partial charge in [-0.25, -0.2) is 4.98 Å². The van der Waals surface area contributed by atoms with E-state index in [0.29, 0.717) is 18.3 Å². The third-order valence-electron chi connectivity index (χ3n) is 2.74. The van der Waals surface area contributed by atoms with Gasteiger partial charge in [0, 0.05) is 5.56 Å². The van der Waals surface area contributed by atoms with E-state index in [2.05, 4.69) is 23.0 Å². The average molecular weight is 278 g/mol. The average Bonchev–Trinajstić information content (AvgIpc) is 2.44. The molecular formula is C14H16ClN3O. The molecule has 0 saturated heterocycles. The largest absolute Gasteiger partial charge is 0.476 e. The Morgan fingerprint density at radius 2 is 2.05 bits per heavy atom. The molecule has 2 aromatic rings. The highest BCUT2D eigenvalue weighted by Crippen LogP contribution is 2.29. The number of nitrogen functional groups attached to an aromatic ring is 1. The van der Waals surface area contributed by atoms with Gasteiger partial charge in [-0.15, -0.1) is 0 Å². The lowest BCUT2D eigenvalue weighted by atomic mass is 10.1. The van der Waals surface area contributed by atoms with Crippen LogP contribution in [0.1, 0.15) is 19.4 Å². The number of nitrogens with two attached hydrogens (primary N) is 1. The van der Waals surface area contributed by atoms with Crippen LogP contribution < -0.4 is 10.5 Å². The summed E-state index contributed by atoms with van der Waals surface area (Å²) in [5.74, 6) is 0.859. The fraction of sp³-hybridized carbons (Fsp3) is 0.286. The summed E-state index contributed by atoms with van der Waals surface area (Å²) in [6.45, 7) is 4.44. The Morgan fingerprint density at radius 1 is 1.26 bits per heavy atom. The molecule has 0 fully saturated rings. The molecule has 0 aliphatic rings. The van der Waals surface area contributed by atoms with Crippen molar-refractivity contribution >= 4 is 17.3 Å². The standard InChI is InChI=1S/C14H16ClN3O/c1-3-9-6-5-7-10(8-9)13-17-12(15)11(16)14(18-13)19-4-2/h5-8H,3-4,16H2,1-2H3. The van der Waals surface area contributed by atoms with Gasteiger partial charge in [-0.2, -0.15) is 4.98 Å². The minimum absolute atomic E-state index is 0.218. The summed E-state index contributed by atoms with van der Waals surface area (Å²) in [4.78, 5) is 8.54. The molecule has 0 amide bonds. The van der Waals surface area contributed by atoms with Crippen molar-refractivity contribution < 1.29 is 4.74 Å². The molecular weight excluding hydrogens is 262 g/mol. The topological polar surface area (TPSA) is 61.0 Å². The van der Waals surface area contributed by atoms with Crippen LogP contribution in [0.25, 0.3) is 11.4 Å². The molecule has 0 atom stereocenters. The van der Waals surface area contributed by atoms with Crippen LogP contribution >= 0.6 is 11.6 Å². The van der Waals surface area contributed by atoms with E-state index in [1.165, 1.54) is 5.56 Å². The monoisotopic (exact) mass is 277 g/mol. The summed E-state index contributed by atoms with van der Waals surface area (Å²) in [6.07, 6.45) is 0.953. The van der Waals surface area contributed by atoms with Crippen molar-refractivity contribution in [3.05, 3.63) is 35.0 Å². The summed E-state index contributed by atoms with van der Waals surface area (Å²) in [6, 6.07) is 8.02. The maximum Gasteiger partial charge on any atom is 0.242 e. The number of anilines is 1. The zero-order chi connectivity index (χ0) is 13.8. The van der Waals surface area contributed by atoms with Gasteiger partial charge in [0.25, 0.3) is 0 Å². The zero-order valence-electron chi connectivity index (χ0n) is 11.0. The van der Waals surface area contributed by atoms with E-state index in [1.807, 2.05) is 25.1 Å². The second-order valence-corrected chi connectivity index (χ2v) is 4.40. The van der Waals surface area contributed by atoms with Crippen LogP contribution in [0.4, 0.5) is 5.69 Å². The van der Waals surface area contributed by atoms with Crippen LogP contribution in [-0.4, -0.2) is 16.6 Å². The first-order chi connectivity index (χ1) is 9.15. The molecule has 1 aromatic carbocycles. The van der Waals surface area contributed by atoms with Crippen LogP contribution in [0, 0.1) is 0 Å². The molecule has 100 valence electrons. The number of halogens is 1. The van der Waals surface area contributed by atoms with Crippen molar-refractivity contribution in [1.29, 1.82) is 0 Å². The first kappa shape index (κ1) is 13.6. The van der Waals surface area contributed by atoms with E-state index in [9.17, 15) is 0 Å². The van der Waals surface area contributed by atoms with E-state index >= 15 is 0 Å². The fourth-order valence-electron chi connectivity index (χ4n) is 1.73. The van der Waals surface area contributed by atoms with Gasteiger partial charge in [0.1, 0.15) is 5.69 Å². The molecule has 1 heterocycles. The second kappa shape index (κ2) is 5.89. The van der Waals surface area contributed by atoms with Crippen LogP contribution in [0.5, 0.6) is 5.88 Å². The van der Waals surface area contributed by atoms with Crippen molar-refractivity contribution in [1.82, 2.24) is 9.97 Å². The molecule has 0 unspecified atom stereocenters. The lowest BCUT2D eigenvalue weighted by Crippen LogP contribution is -2.03. The minimum Gasteiger partial charge on any atom is -0.476 e. The smallest absolute Gasteiger partial charge is 0.242 e. The molecule has 0 aliphatic heterocycles. The first-order valence-electron chi connectivity index (χ1n) is 6.20. The van der Waals surface area contributed by atoms with Crippen LogP contribution in [0.15, 0.2) is 24.3 Å². The Labute approximate surface area is 117 Å². The van der Waals surface area contributed by atoms with Gasteiger partial charge in [-0.05, 0) is 25.0 Å². The first-order valence-corrected chi connectivity index (χ1v) is 6.58. The molecule has 4 nitrogen and oxygen atoms in total. The highest BCUT2D eigenvalue weighted by Gasteiger charge is 2.12. The van der Waals surface area contributed by atoms with E-state index in [1.54, 1.807) is 0 Å². The van der Waals surface area contributed by atoms with E-state index in [4.69, 9.17) is 22.1 Å². The Bertz CT molecular complexity index is 587. The predicted octanol–water partition coefficient (Wildman–Crippen LogP) is 3.34.